The van der Waals surface area contributed by atoms with Crippen LogP contribution in [0.25, 0.3) is 17.2 Å². The predicted octanol–water partition coefficient (Wildman–Crippen LogP) is 4.00. The number of amides is 1. The standard InChI is InChI=1S/C22H29F2N5O2S/c1-4-18-14(15-11-26-29-12-28(31-13(2)3)9-7-17(15)29)10-19(32-18)21(30)27-20-16(25)6-5-8-22(20,23)24/h7,9-11,13,16,20H,4-6,8,12,25H2,1-3H3,(H,27,30). The fourth-order valence-corrected chi connectivity index (χ4v) is 5.25. The summed E-state index contributed by atoms with van der Waals surface area (Å²) in [7, 11) is 0. The van der Waals surface area contributed by atoms with E-state index in [0.717, 1.165) is 21.7 Å². The average molecular weight is 466 g/mol. The number of hydrogen-bond donors (Lipinski definition) is 2. The van der Waals surface area contributed by atoms with Crippen LogP contribution in [0.15, 0.2) is 18.5 Å². The highest BCUT2D eigenvalue weighted by Crippen LogP contribution is 2.37. The second-order valence-corrected chi connectivity index (χ2v) is 9.68. The van der Waals surface area contributed by atoms with Crippen molar-refractivity contribution in [1.82, 2.24) is 20.2 Å². The molecule has 32 heavy (non-hydrogen) atoms. The summed E-state index contributed by atoms with van der Waals surface area (Å²) in [5, 5.41) is 8.70. The number of nitrogens with one attached hydrogen (secondary N) is 1. The Balaban J connectivity index is 1.58. The fourth-order valence-electron chi connectivity index (χ4n) is 4.23. The minimum absolute atomic E-state index is 0.0468. The molecule has 1 aliphatic carbocycles. The zero-order valence-electron chi connectivity index (χ0n) is 18.5. The van der Waals surface area contributed by atoms with Crippen molar-refractivity contribution in [3.05, 3.63) is 33.9 Å². The summed E-state index contributed by atoms with van der Waals surface area (Å²) in [6.07, 6.45) is 6.90. The van der Waals surface area contributed by atoms with Gasteiger partial charge in [-0.3, -0.25) is 9.63 Å². The zero-order valence-corrected chi connectivity index (χ0v) is 19.3. The maximum absolute atomic E-state index is 14.3. The number of aryl methyl sites for hydroxylation is 1. The SMILES string of the molecule is CCc1sc(C(=O)NC2C(N)CCCC2(F)F)cc1-c1cnn2c1C=CN(OC(C)C)C2. The van der Waals surface area contributed by atoms with Gasteiger partial charge < -0.3 is 11.1 Å². The van der Waals surface area contributed by atoms with Crippen molar-refractivity contribution in [1.29, 1.82) is 0 Å². The number of thiophene rings is 1. The number of aromatic nitrogens is 2. The first kappa shape index (κ1) is 22.9. The second-order valence-electron chi connectivity index (χ2n) is 8.54. The third kappa shape index (κ3) is 4.44. The number of carbonyl (C=O) groups is 1. The summed E-state index contributed by atoms with van der Waals surface area (Å²) in [5.74, 6) is -3.51. The molecule has 1 fully saturated rings. The summed E-state index contributed by atoms with van der Waals surface area (Å²) in [6, 6.07) is -0.330. The van der Waals surface area contributed by atoms with E-state index >= 15 is 0 Å². The Morgan fingerprint density at radius 3 is 2.91 bits per heavy atom. The lowest BCUT2D eigenvalue weighted by molar-refractivity contribution is -0.173. The molecular formula is C22H29F2N5O2S. The number of fused-ring (bicyclic) bond motifs is 1. The van der Waals surface area contributed by atoms with E-state index in [4.69, 9.17) is 10.6 Å². The first-order valence-corrected chi connectivity index (χ1v) is 11.8. The van der Waals surface area contributed by atoms with Crippen molar-refractivity contribution in [2.45, 2.75) is 77.2 Å². The summed E-state index contributed by atoms with van der Waals surface area (Å²) in [6.45, 7) is 6.38. The Labute approximate surface area is 190 Å². The largest absolute Gasteiger partial charge is 0.341 e. The van der Waals surface area contributed by atoms with Crippen LogP contribution in [0, 0.1) is 0 Å². The van der Waals surface area contributed by atoms with Crippen molar-refractivity contribution in [3.8, 4) is 11.1 Å². The molecule has 1 aliphatic heterocycles. The molecule has 2 aromatic rings. The predicted molar refractivity (Wildman–Crippen MR) is 120 cm³/mol. The normalized spacial score (nSPS) is 22.3. The monoisotopic (exact) mass is 465 g/mol. The quantitative estimate of drug-likeness (QED) is 0.674. The summed E-state index contributed by atoms with van der Waals surface area (Å²) in [5.41, 5.74) is 8.62. The van der Waals surface area contributed by atoms with Crippen molar-refractivity contribution in [3.63, 3.8) is 0 Å². The zero-order chi connectivity index (χ0) is 23.0. The lowest BCUT2D eigenvalue weighted by atomic mass is 9.87. The van der Waals surface area contributed by atoms with Crippen LogP contribution in [0.3, 0.4) is 0 Å². The molecule has 2 aliphatic rings. The van der Waals surface area contributed by atoms with Gasteiger partial charge in [0, 0.05) is 34.7 Å². The van der Waals surface area contributed by atoms with Crippen LogP contribution in [-0.4, -0.2) is 44.9 Å². The minimum Gasteiger partial charge on any atom is -0.341 e. The Morgan fingerprint density at radius 2 is 2.22 bits per heavy atom. The average Bonchev–Trinajstić information content (AvgIpc) is 3.33. The van der Waals surface area contributed by atoms with Crippen LogP contribution in [0.1, 0.15) is 60.3 Å². The molecule has 0 spiro atoms. The van der Waals surface area contributed by atoms with E-state index in [-0.39, 0.29) is 12.5 Å². The summed E-state index contributed by atoms with van der Waals surface area (Å²) >= 11 is 1.32. The molecule has 2 unspecified atom stereocenters. The third-order valence-electron chi connectivity index (χ3n) is 5.76. The molecule has 0 saturated heterocycles. The molecule has 2 atom stereocenters. The number of carbonyl (C=O) groups excluding carboxylic acids is 1. The van der Waals surface area contributed by atoms with Gasteiger partial charge in [0.05, 0.1) is 22.9 Å². The van der Waals surface area contributed by atoms with E-state index in [0.29, 0.717) is 30.8 Å². The molecule has 1 saturated carbocycles. The molecule has 1 amide bonds. The van der Waals surface area contributed by atoms with E-state index in [1.807, 2.05) is 37.7 Å². The maximum Gasteiger partial charge on any atom is 0.269 e. The molecule has 174 valence electrons. The summed E-state index contributed by atoms with van der Waals surface area (Å²) in [4.78, 5) is 20.0. The number of halogens is 2. The lowest BCUT2D eigenvalue weighted by Crippen LogP contribution is -2.59. The Kier molecular flexibility index (Phi) is 6.37. The van der Waals surface area contributed by atoms with Gasteiger partial charge in [0.25, 0.3) is 11.8 Å². The topological polar surface area (TPSA) is 85.4 Å². The van der Waals surface area contributed by atoms with Gasteiger partial charge >= 0.3 is 0 Å². The fraction of sp³-hybridized carbons (Fsp3) is 0.545. The van der Waals surface area contributed by atoms with Gasteiger partial charge in [0.2, 0.25) is 0 Å². The maximum atomic E-state index is 14.3. The molecule has 7 nitrogen and oxygen atoms in total. The molecule has 3 heterocycles. The number of hydroxylamine groups is 2. The van der Waals surface area contributed by atoms with Gasteiger partial charge in [-0.1, -0.05) is 6.92 Å². The highest BCUT2D eigenvalue weighted by molar-refractivity contribution is 7.14. The molecule has 0 bridgehead atoms. The van der Waals surface area contributed by atoms with E-state index < -0.39 is 23.9 Å². The molecule has 10 heteroatoms. The van der Waals surface area contributed by atoms with E-state index in [1.165, 1.54) is 11.3 Å². The second kappa shape index (κ2) is 8.92. The van der Waals surface area contributed by atoms with E-state index in [9.17, 15) is 13.6 Å². The van der Waals surface area contributed by atoms with Gasteiger partial charge in [-0.2, -0.15) is 5.10 Å². The van der Waals surface area contributed by atoms with Gasteiger partial charge in [-0.15, -0.1) is 11.3 Å². The van der Waals surface area contributed by atoms with Crippen LogP contribution in [0.2, 0.25) is 0 Å². The first-order chi connectivity index (χ1) is 15.2. The van der Waals surface area contributed by atoms with Crippen LogP contribution in [0.4, 0.5) is 8.78 Å². The molecular weight excluding hydrogens is 436 g/mol. The summed E-state index contributed by atoms with van der Waals surface area (Å²) < 4.78 is 30.5. The van der Waals surface area contributed by atoms with Gasteiger partial charge in [0.15, 0.2) is 0 Å². The van der Waals surface area contributed by atoms with Crippen molar-refractivity contribution < 1.29 is 18.4 Å². The highest BCUT2D eigenvalue weighted by atomic mass is 32.1. The molecule has 2 aromatic heterocycles. The molecule has 3 N–H and O–H groups in total. The van der Waals surface area contributed by atoms with Gasteiger partial charge in [-0.05, 0) is 45.3 Å². The number of rotatable bonds is 6. The van der Waals surface area contributed by atoms with Crippen LogP contribution < -0.4 is 11.1 Å². The van der Waals surface area contributed by atoms with Crippen molar-refractivity contribution in [2.24, 2.45) is 5.73 Å². The van der Waals surface area contributed by atoms with Crippen LogP contribution in [0.5, 0.6) is 0 Å². The van der Waals surface area contributed by atoms with Crippen LogP contribution >= 0.6 is 11.3 Å². The first-order valence-electron chi connectivity index (χ1n) is 10.9. The van der Waals surface area contributed by atoms with Gasteiger partial charge in [-0.25, -0.2) is 18.5 Å². The third-order valence-corrected chi connectivity index (χ3v) is 7.04. The smallest absolute Gasteiger partial charge is 0.269 e. The number of alkyl halides is 2. The molecule has 0 radical (unpaired) electrons. The lowest BCUT2D eigenvalue weighted by Gasteiger charge is -2.36. The molecule has 0 aromatic carbocycles. The van der Waals surface area contributed by atoms with Crippen molar-refractivity contribution >= 4 is 23.3 Å². The Bertz CT molecular complexity index is 1020. The van der Waals surface area contributed by atoms with Crippen LogP contribution in [-0.2, 0) is 17.9 Å². The van der Waals surface area contributed by atoms with E-state index in [1.54, 1.807) is 17.3 Å². The number of nitrogens with two attached hydrogens (primary N) is 1. The Morgan fingerprint density at radius 1 is 1.44 bits per heavy atom. The van der Waals surface area contributed by atoms with Crippen molar-refractivity contribution in [2.75, 3.05) is 0 Å². The molecule has 4 rings (SSSR count). The Hall–Kier alpha value is -2.30. The number of hydrogen-bond acceptors (Lipinski definition) is 6. The highest BCUT2D eigenvalue weighted by Gasteiger charge is 2.46. The van der Waals surface area contributed by atoms with Gasteiger partial charge in [0.1, 0.15) is 12.7 Å². The van der Waals surface area contributed by atoms with E-state index in [2.05, 4.69) is 10.4 Å². The number of nitrogens with zero attached hydrogens (tertiary/aromatic N) is 3. The minimum atomic E-state index is -3.00.